The molecule has 3 nitrogen and oxygen atoms in total. The van der Waals surface area contributed by atoms with E-state index in [1.165, 1.54) is 5.56 Å². The Bertz CT molecular complexity index is 452. The fraction of sp³-hybridized carbons (Fsp3) is 0.533. The van der Waals surface area contributed by atoms with Gasteiger partial charge in [-0.2, -0.15) is 0 Å². The number of hydrogen-bond donors (Lipinski definition) is 1. The number of nitrogens with zero attached hydrogens (tertiary/aromatic N) is 1. The molecule has 1 amide bonds. The van der Waals surface area contributed by atoms with E-state index >= 15 is 0 Å². The summed E-state index contributed by atoms with van der Waals surface area (Å²) < 4.78 is 0. The fourth-order valence-corrected chi connectivity index (χ4v) is 3.09. The van der Waals surface area contributed by atoms with Crippen molar-refractivity contribution in [3.63, 3.8) is 0 Å². The monoisotopic (exact) mass is 244 g/mol. The summed E-state index contributed by atoms with van der Waals surface area (Å²) in [6.07, 6.45) is 2.06. The first-order chi connectivity index (χ1) is 8.75. The summed E-state index contributed by atoms with van der Waals surface area (Å²) in [4.78, 5) is 14.6. The minimum Gasteiger partial charge on any atom is -0.316 e. The quantitative estimate of drug-likeness (QED) is 0.817. The van der Waals surface area contributed by atoms with Crippen molar-refractivity contribution in [2.24, 2.45) is 11.8 Å². The second kappa shape index (κ2) is 4.73. The van der Waals surface area contributed by atoms with Crippen LogP contribution in [-0.2, 0) is 11.2 Å². The van der Waals surface area contributed by atoms with Crippen LogP contribution in [-0.4, -0.2) is 25.5 Å². The zero-order valence-electron chi connectivity index (χ0n) is 10.9. The van der Waals surface area contributed by atoms with E-state index in [-0.39, 0.29) is 5.92 Å². The molecule has 2 aliphatic rings. The number of carbonyl (C=O) groups excluding carboxylic acids is 1. The Morgan fingerprint density at radius 3 is 3.00 bits per heavy atom. The minimum atomic E-state index is 0.170. The van der Waals surface area contributed by atoms with Crippen LogP contribution in [0.1, 0.15) is 18.9 Å². The number of para-hydroxylation sites is 1. The summed E-state index contributed by atoms with van der Waals surface area (Å²) in [5.41, 5.74) is 2.45. The minimum absolute atomic E-state index is 0.170. The normalized spacial score (nSPS) is 27.1. The molecule has 0 spiro atoms. The van der Waals surface area contributed by atoms with Gasteiger partial charge in [0, 0.05) is 18.8 Å². The third kappa shape index (κ3) is 2.03. The van der Waals surface area contributed by atoms with Crippen LogP contribution >= 0.6 is 0 Å². The predicted molar refractivity (Wildman–Crippen MR) is 72.6 cm³/mol. The Balaban J connectivity index is 1.89. The lowest BCUT2D eigenvalue weighted by Crippen LogP contribution is -2.43. The molecule has 1 aromatic rings. The number of nitrogens with one attached hydrogen (secondary N) is 1. The van der Waals surface area contributed by atoms with Crippen molar-refractivity contribution in [2.75, 3.05) is 24.5 Å². The molecule has 0 aliphatic carbocycles. The molecule has 3 rings (SSSR count). The van der Waals surface area contributed by atoms with Gasteiger partial charge in [0.05, 0.1) is 5.92 Å². The van der Waals surface area contributed by atoms with E-state index in [1.54, 1.807) is 0 Å². The highest BCUT2D eigenvalue weighted by atomic mass is 16.2. The van der Waals surface area contributed by atoms with Crippen LogP contribution in [0.2, 0.25) is 0 Å². The summed E-state index contributed by atoms with van der Waals surface area (Å²) in [5, 5.41) is 3.28. The van der Waals surface area contributed by atoms with E-state index < -0.39 is 0 Å². The van der Waals surface area contributed by atoms with Gasteiger partial charge in [-0.1, -0.05) is 25.1 Å². The van der Waals surface area contributed by atoms with E-state index in [0.29, 0.717) is 11.8 Å². The van der Waals surface area contributed by atoms with E-state index in [0.717, 1.165) is 38.2 Å². The lowest BCUT2D eigenvalue weighted by molar-refractivity contribution is -0.122. The van der Waals surface area contributed by atoms with Gasteiger partial charge in [0.2, 0.25) is 5.91 Å². The predicted octanol–water partition coefficient (Wildman–Crippen LogP) is 1.82. The molecule has 0 radical (unpaired) electrons. The van der Waals surface area contributed by atoms with Crippen LogP contribution in [0.3, 0.4) is 0 Å². The van der Waals surface area contributed by atoms with E-state index in [9.17, 15) is 4.79 Å². The van der Waals surface area contributed by atoms with Crippen molar-refractivity contribution in [2.45, 2.75) is 19.8 Å². The zero-order valence-corrected chi connectivity index (χ0v) is 10.9. The number of hydrogen-bond acceptors (Lipinski definition) is 2. The second-order valence-corrected chi connectivity index (χ2v) is 5.58. The second-order valence-electron chi connectivity index (χ2n) is 5.58. The molecule has 2 atom stereocenters. The number of amides is 1. The van der Waals surface area contributed by atoms with Gasteiger partial charge in [0.25, 0.3) is 0 Å². The first-order valence-electron chi connectivity index (χ1n) is 6.85. The van der Waals surface area contributed by atoms with Gasteiger partial charge in [0.15, 0.2) is 0 Å². The highest BCUT2D eigenvalue weighted by Crippen LogP contribution is 2.31. The molecule has 18 heavy (non-hydrogen) atoms. The van der Waals surface area contributed by atoms with Crippen LogP contribution in [0.15, 0.2) is 24.3 Å². The SMILES string of the molecule is CC1Cc2ccccc2N(C(=O)C2CCNC2)C1. The molecule has 1 fully saturated rings. The molecular formula is C15H20N2O. The molecule has 2 aliphatic heterocycles. The summed E-state index contributed by atoms with van der Waals surface area (Å²) >= 11 is 0. The van der Waals surface area contributed by atoms with Crippen molar-refractivity contribution >= 4 is 11.6 Å². The number of carbonyl (C=O) groups is 1. The maximum atomic E-state index is 12.6. The Morgan fingerprint density at radius 2 is 2.22 bits per heavy atom. The molecule has 1 saturated heterocycles. The molecule has 3 heteroatoms. The molecule has 1 N–H and O–H groups in total. The standard InChI is InChI=1S/C15H20N2O/c1-11-8-12-4-2-3-5-14(12)17(10-11)15(18)13-6-7-16-9-13/h2-5,11,13,16H,6-10H2,1H3. The van der Waals surface area contributed by atoms with Crippen LogP contribution in [0, 0.1) is 11.8 Å². The third-order valence-corrected chi connectivity index (χ3v) is 4.02. The highest BCUT2D eigenvalue weighted by molar-refractivity contribution is 5.96. The van der Waals surface area contributed by atoms with Crippen molar-refractivity contribution in [1.29, 1.82) is 0 Å². The molecule has 0 aromatic heterocycles. The molecule has 96 valence electrons. The van der Waals surface area contributed by atoms with E-state index in [2.05, 4.69) is 30.4 Å². The zero-order chi connectivity index (χ0) is 12.5. The van der Waals surface area contributed by atoms with E-state index in [1.807, 2.05) is 11.0 Å². The Morgan fingerprint density at radius 1 is 1.39 bits per heavy atom. The molecule has 1 aromatic carbocycles. The highest BCUT2D eigenvalue weighted by Gasteiger charge is 2.32. The topological polar surface area (TPSA) is 32.3 Å². The summed E-state index contributed by atoms with van der Waals surface area (Å²) in [6, 6.07) is 8.33. The van der Waals surface area contributed by atoms with Crippen molar-refractivity contribution in [3.05, 3.63) is 29.8 Å². The van der Waals surface area contributed by atoms with Crippen molar-refractivity contribution < 1.29 is 4.79 Å². The van der Waals surface area contributed by atoms with Crippen LogP contribution in [0.5, 0.6) is 0 Å². The summed E-state index contributed by atoms with van der Waals surface area (Å²) in [7, 11) is 0. The van der Waals surface area contributed by atoms with Gasteiger partial charge in [0.1, 0.15) is 0 Å². The number of anilines is 1. The first-order valence-corrected chi connectivity index (χ1v) is 6.85. The smallest absolute Gasteiger partial charge is 0.231 e. The Labute approximate surface area is 108 Å². The van der Waals surface area contributed by atoms with Crippen molar-refractivity contribution in [1.82, 2.24) is 5.32 Å². The van der Waals surface area contributed by atoms with Crippen LogP contribution in [0.4, 0.5) is 5.69 Å². The van der Waals surface area contributed by atoms with Gasteiger partial charge < -0.3 is 10.2 Å². The van der Waals surface area contributed by atoms with Crippen LogP contribution in [0.25, 0.3) is 0 Å². The maximum Gasteiger partial charge on any atom is 0.231 e. The fourth-order valence-electron chi connectivity index (χ4n) is 3.09. The first kappa shape index (κ1) is 11.7. The molecule has 2 unspecified atom stereocenters. The average molecular weight is 244 g/mol. The Kier molecular flexibility index (Phi) is 3.08. The Hall–Kier alpha value is -1.35. The molecule has 2 heterocycles. The number of benzene rings is 1. The van der Waals surface area contributed by atoms with Gasteiger partial charge in [-0.25, -0.2) is 0 Å². The summed E-state index contributed by atoms with van der Waals surface area (Å²) in [5.74, 6) is 1.03. The van der Waals surface area contributed by atoms with Gasteiger partial charge in [-0.15, -0.1) is 0 Å². The van der Waals surface area contributed by atoms with Gasteiger partial charge in [-0.3, -0.25) is 4.79 Å². The third-order valence-electron chi connectivity index (χ3n) is 4.02. The lowest BCUT2D eigenvalue weighted by Gasteiger charge is -2.34. The number of fused-ring (bicyclic) bond motifs is 1. The van der Waals surface area contributed by atoms with E-state index in [4.69, 9.17) is 0 Å². The van der Waals surface area contributed by atoms with Crippen molar-refractivity contribution in [3.8, 4) is 0 Å². The van der Waals surface area contributed by atoms with Gasteiger partial charge >= 0.3 is 0 Å². The maximum absolute atomic E-state index is 12.6. The molecule has 0 saturated carbocycles. The summed E-state index contributed by atoms with van der Waals surface area (Å²) in [6.45, 7) is 4.91. The molecule has 0 bridgehead atoms. The lowest BCUT2D eigenvalue weighted by atomic mass is 9.92. The van der Waals surface area contributed by atoms with Crippen LogP contribution < -0.4 is 10.2 Å². The largest absolute Gasteiger partial charge is 0.316 e. The van der Waals surface area contributed by atoms with Gasteiger partial charge in [-0.05, 0) is 36.9 Å². The molecular weight excluding hydrogens is 224 g/mol. The average Bonchev–Trinajstić information content (AvgIpc) is 2.90. The number of rotatable bonds is 1.